The van der Waals surface area contributed by atoms with E-state index in [4.69, 9.17) is 18.9 Å². The standard InChI is InChI=1S/C24H22N2O4S/c1-28-18-10-11-21(29-2)19(15-18)20-16-31-24(25-20)26(23(27)22-9-6-14-30-22)13-12-17-7-4-3-5-8-17/h3-11,14-16H,12-13H2,1-2H3. The molecule has 0 spiro atoms. The number of hydrogen-bond donors (Lipinski definition) is 0. The molecule has 0 aliphatic heterocycles. The highest BCUT2D eigenvalue weighted by atomic mass is 32.1. The van der Waals surface area contributed by atoms with Gasteiger partial charge in [-0.3, -0.25) is 9.69 Å². The summed E-state index contributed by atoms with van der Waals surface area (Å²) < 4.78 is 16.2. The van der Waals surface area contributed by atoms with Crippen molar-refractivity contribution in [3.8, 4) is 22.8 Å². The maximum atomic E-state index is 13.2. The zero-order valence-electron chi connectivity index (χ0n) is 17.3. The smallest absolute Gasteiger partial charge is 0.295 e. The highest BCUT2D eigenvalue weighted by Gasteiger charge is 2.23. The number of aromatic nitrogens is 1. The van der Waals surface area contributed by atoms with Crippen LogP contribution in [0.2, 0.25) is 0 Å². The average molecular weight is 435 g/mol. The fourth-order valence-electron chi connectivity index (χ4n) is 3.23. The molecule has 1 amide bonds. The van der Waals surface area contributed by atoms with Crippen molar-refractivity contribution in [1.82, 2.24) is 4.98 Å². The molecule has 0 fully saturated rings. The minimum absolute atomic E-state index is 0.223. The van der Waals surface area contributed by atoms with Crippen molar-refractivity contribution in [2.24, 2.45) is 0 Å². The number of methoxy groups -OCH3 is 2. The number of nitrogens with zero attached hydrogens (tertiary/aromatic N) is 2. The third kappa shape index (κ3) is 4.62. The fraction of sp³-hybridized carbons (Fsp3) is 0.167. The minimum atomic E-state index is -0.223. The summed E-state index contributed by atoms with van der Waals surface area (Å²) in [5, 5.41) is 2.51. The molecule has 0 saturated carbocycles. The molecule has 31 heavy (non-hydrogen) atoms. The van der Waals surface area contributed by atoms with E-state index in [1.54, 1.807) is 31.3 Å². The molecule has 0 aliphatic carbocycles. The Labute approximate surface area is 184 Å². The van der Waals surface area contributed by atoms with Crippen LogP contribution in [0, 0.1) is 0 Å². The summed E-state index contributed by atoms with van der Waals surface area (Å²) >= 11 is 1.40. The Kier molecular flexibility index (Phi) is 6.33. The summed E-state index contributed by atoms with van der Waals surface area (Å²) in [6.07, 6.45) is 2.20. The van der Waals surface area contributed by atoms with Crippen LogP contribution in [-0.2, 0) is 6.42 Å². The third-order valence-corrected chi connectivity index (χ3v) is 5.71. The summed E-state index contributed by atoms with van der Waals surface area (Å²) in [6, 6.07) is 19.0. The van der Waals surface area contributed by atoms with Gasteiger partial charge in [0.2, 0.25) is 0 Å². The lowest BCUT2D eigenvalue weighted by molar-refractivity contribution is 0.0960. The Morgan fingerprint density at radius 3 is 2.61 bits per heavy atom. The first-order valence-corrected chi connectivity index (χ1v) is 10.6. The van der Waals surface area contributed by atoms with Gasteiger partial charge in [-0.05, 0) is 42.3 Å². The molecule has 4 rings (SSSR count). The van der Waals surface area contributed by atoms with Crippen LogP contribution in [0.4, 0.5) is 5.13 Å². The molecule has 158 valence electrons. The summed E-state index contributed by atoms with van der Waals surface area (Å²) in [4.78, 5) is 19.6. The number of ether oxygens (including phenoxy) is 2. The second-order valence-electron chi connectivity index (χ2n) is 6.75. The molecule has 2 aromatic heterocycles. The second-order valence-corrected chi connectivity index (χ2v) is 7.59. The molecule has 2 aromatic carbocycles. The normalized spacial score (nSPS) is 10.6. The monoisotopic (exact) mass is 434 g/mol. The molecule has 0 bridgehead atoms. The third-order valence-electron chi connectivity index (χ3n) is 4.85. The molecule has 0 radical (unpaired) electrons. The molecular weight excluding hydrogens is 412 g/mol. The summed E-state index contributed by atoms with van der Waals surface area (Å²) in [6.45, 7) is 0.478. The highest BCUT2D eigenvalue weighted by Crippen LogP contribution is 2.36. The topological polar surface area (TPSA) is 64.8 Å². The molecule has 4 aromatic rings. The Morgan fingerprint density at radius 2 is 1.90 bits per heavy atom. The zero-order valence-corrected chi connectivity index (χ0v) is 18.1. The van der Waals surface area contributed by atoms with E-state index >= 15 is 0 Å². The van der Waals surface area contributed by atoms with Crippen LogP contribution < -0.4 is 14.4 Å². The van der Waals surface area contributed by atoms with E-state index in [0.717, 1.165) is 11.1 Å². The Bertz CT molecular complexity index is 1140. The lowest BCUT2D eigenvalue weighted by Gasteiger charge is -2.19. The van der Waals surface area contributed by atoms with E-state index in [-0.39, 0.29) is 11.7 Å². The number of amides is 1. The van der Waals surface area contributed by atoms with E-state index < -0.39 is 0 Å². The first kappa shape index (κ1) is 20.7. The van der Waals surface area contributed by atoms with Crippen LogP contribution in [0.3, 0.4) is 0 Å². The van der Waals surface area contributed by atoms with Gasteiger partial charge in [0.05, 0.1) is 26.2 Å². The van der Waals surface area contributed by atoms with Crippen molar-refractivity contribution in [3.05, 3.63) is 83.6 Å². The SMILES string of the molecule is COc1ccc(OC)c(-c2csc(N(CCc3ccccc3)C(=O)c3ccco3)n2)c1. The molecule has 0 atom stereocenters. The van der Waals surface area contributed by atoms with Crippen LogP contribution in [0.25, 0.3) is 11.3 Å². The summed E-state index contributed by atoms with van der Waals surface area (Å²) in [7, 11) is 3.23. The van der Waals surface area contributed by atoms with E-state index in [0.29, 0.717) is 35.3 Å². The van der Waals surface area contributed by atoms with Crippen LogP contribution in [0.5, 0.6) is 11.5 Å². The predicted molar refractivity (Wildman–Crippen MR) is 121 cm³/mol. The van der Waals surface area contributed by atoms with Crippen molar-refractivity contribution in [2.45, 2.75) is 6.42 Å². The lowest BCUT2D eigenvalue weighted by Crippen LogP contribution is -2.32. The van der Waals surface area contributed by atoms with Crippen molar-refractivity contribution in [1.29, 1.82) is 0 Å². The summed E-state index contributed by atoms with van der Waals surface area (Å²) in [5.74, 6) is 1.45. The van der Waals surface area contributed by atoms with Crippen molar-refractivity contribution in [3.63, 3.8) is 0 Å². The number of carbonyl (C=O) groups excluding carboxylic acids is 1. The molecular formula is C24H22N2O4S. The van der Waals surface area contributed by atoms with E-state index in [9.17, 15) is 4.79 Å². The number of benzene rings is 2. The van der Waals surface area contributed by atoms with Crippen LogP contribution in [0.1, 0.15) is 16.1 Å². The molecule has 0 aliphatic rings. The van der Waals surface area contributed by atoms with Crippen LogP contribution in [0.15, 0.2) is 76.7 Å². The fourth-order valence-corrected chi connectivity index (χ4v) is 4.08. The van der Waals surface area contributed by atoms with Crippen molar-refractivity contribution >= 4 is 22.4 Å². The highest BCUT2D eigenvalue weighted by molar-refractivity contribution is 7.14. The zero-order chi connectivity index (χ0) is 21.6. The van der Waals surface area contributed by atoms with Gasteiger partial charge < -0.3 is 13.9 Å². The van der Waals surface area contributed by atoms with E-state index in [1.807, 2.05) is 53.9 Å². The second kappa shape index (κ2) is 9.49. The average Bonchev–Trinajstić information content (AvgIpc) is 3.52. The van der Waals surface area contributed by atoms with Gasteiger partial charge in [0.15, 0.2) is 10.9 Å². The quantitative estimate of drug-likeness (QED) is 0.376. The summed E-state index contributed by atoms with van der Waals surface area (Å²) in [5.41, 5.74) is 2.66. The van der Waals surface area contributed by atoms with Crippen molar-refractivity contribution < 1.29 is 18.7 Å². The number of hydrogen-bond acceptors (Lipinski definition) is 6. The van der Waals surface area contributed by atoms with Gasteiger partial charge in [0, 0.05) is 17.5 Å². The molecule has 0 unspecified atom stereocenters. The van der Waals surface area contributed by atoms with E-state index in [2.05, 4.69) is 0 Å². The maximum absolute atomic E-state index is 13.2. The number of rotatable bonds is 8. The van der Waals surface area contributed by atoms with Gasteiger partial charge >= 0.3 is 0 Å². The number of carbonyl (C=O) groups is 1. The largest absolute Gasteiger partial charge is 0.497 e. The Balaban J connectivity index is 1.66. The first-order chi connectivity index (χ1) is 15.2. The predicted octanol–water partition coefficient (Wildman–Crippen LogP) is 5.31. The number of thiazole rings is 1. The van der Waals surface area contributed by atoms with Gasteiger partial charge in [0.1, 0.15) is 11.5 Å². The van der Waals surface area contributed by atoms with Gasteiger partial charge in [-0.2, -0.15) is 0 Å². The van der Waals surface area contributed by atoms with Crippen molar-refractivity contribution in [2.75, 3.05) is 25.7 Å². The first-order valence-electron chi connectivity index (χ1n) is 9.77. The molecule has 0 saturated heterocycles. The molecule has 7 heteroatoms. The van der Waals surface area contributed by atoms with Gasteiger partial charge in [0.25, 0.3) is 5.91 Å². The minimum Gasteiger partial charge on any atom is -0.497 e. The lowest BCUT2D eigenvalue weighted by atomic mass is 10.1. The van der Waals surface area contributed by atoms with Crippen LogP contribution >= 0.6 is 11.3 Å². The number of furan rings is 1. The van der Waals surface area contributed by atoms with E-state index in [1.165, 1.54) is 17.6 Å². The Hall–Kier alpha value is -3.58. The Morgan fingerprint density at radius 1 is 1.06 bits per heavy atom. The molecule has 6 nitrogen and oxygen atoms in total. The van der Waals surface area contributed by atoms with Gasteiger partial charge in [-0.1, -0.05) is 30.3 Å². The number of anilines is 1. The molecule has 0 N–H and O–H groups in total. The van der Waals surface area contributed by atoms with Gasteiger partial charge in [-0.25, -0.2) is 4.98 Å². The maximum Gasteiger partial charge on any atom is 0.295 e. The van der Waals surface area contributed by atoms with Crippen LogP contribution in [-0.4, -0.2) is 31.7 Å². The van der Waals surface area contributed by atoms with Gasteiger partial charge in [-0.15, -0.1) is 11.3 Å². The molecule has 2 heterocycles.